The smallest absolute Gasteiger partial charge is 0.310 e. The molecule has 2 rings (SSSR count). The summed E-state index contributed by atoms with van der Waals surface area (Å²) in [5.74, 6) is -0.147. The number of ketones is 1. The number of para-hydroxylation sites is 2. The van der Waals surface area contributed by atoms with Crippen molar-refractivity contribution in [2.45, 2.75) is 20.0 Å². The maximum atomic E-state index is 12.0. The molecule has 0 spiro atoms. The summed E-state index contributed by atoms with van der Waals surface area (Å²) in [4.78, 5) is 22.5. The van der Waals surface area contributed by atoms with Crippen LogP contribution in [0.25, 0.3) is 0 Å². The third-order valence-corrected chi connectivity index (χ3v) is 3.69. The Kier molecular flexibility index (Phi) is 4.92. The average molecular weight is 364 g/mol. The van der Waals surface area contributed by atoms with Crippen LogP contribution in [-0.4, -0.2) is 10.7 Å². The fourth-order valence-electron chi connectivity index (χ4n) is 2.09. The minimum absolute atomic E-state index is 0.0760. The second-order valence-corrected chi connectivity index (χ2v) is 5.75. The fraction of sp³-hybridized carbons (Fsp3) is 0.188. The Morgan fingerprint density at radius 3 is 2.59 bits per heavy atom. The lowest BCUT2D eigenvalue weighted by Crippen LogP contribution is -2.17. The summed E-state index contributed by atoms with van der Waals surface area (Å²) in [5.41, 5.74) is 1.39. The Hall–Kier alpha value is -2.21. The van der Waals surface area contributed by atoms with Crippen molar-refractivity contribution in [2.75, 3.05) is 0 Å². The highest BCUT2D eigenvalue weighted by Gasteiger charge is 2.24. The van der Waals surface area contributed by atoms with E-state index < -0.39 is 11.0 Å². The molecule has 22 heavy (non-hydrogen) atoms. The van der Waals surface area contributed by atoms with Crippen LogP contribution >= 0.6 is 15.9 Å². The van der Waals surface area contributed by atoms with E-state index >= 15 is 0 Å². The van der Waals surface area contributed by atoms with Gasteiger partial charge in [0.2, 0.25) is 0 Å². The van der Waals surface area contributed by atoms with E-state index in [1.165, 1.54) is 19.1 Å². The van der Waals surface area contributed by atoms with Crippen molar-refractivity contribution in [3.05, 3.63) is 68.2 Å². The zero-order valence-corrected chi connectivity index (χ0v) is 13.7. The lowest BCUT2D eigenvalue weighted by molar-refractivity contribution is -0.386. The van der Waals surface area contributed by atoms with Gasteiger partial charge in [-0.1, -0.05) is 34.1 Å². The number of aryl methyl sites for hydroxylation is 1. The van der Waals surface area contributed by atoms with Gasteiger partial charge in [0.25, 0.3) is 0 Å². The highest BCUT2D eigenvalue weighted by Crippen LogP contribution is 2.33. The van der Waals surface area contributed by atoms with E-state index in [9.17, 15) is 14.9 Å². The second-order valence-electron chi connectivity index (χ2n) is 4.83. The maximum absolute atomic E-state index is 12.0. The van der Waals surface area contributed by atoms with Gasteiger partial charge in [-0.2, -0.15) is 0 Å². The van der Waals surface area contributed by atoms with Gasteiger partial charge in [-0.25, -0.2) is 0 Å². The number of hydrogen-bond acceptors (Lipinski definition) is 4. The molecule has 6 heteroatoms. The molecule has 0 amide bonds. The van der Waals surface area contributed by atoms with Crippen molar-refractivity contribution >= 4 is 27.4 Å². The van der Waals surface area contributed by atoms with Crippen molar-refractivity contribution in [3.8, 4) is 5.75 Å². The molecular formula is C16H14BrNO4. The lowest BCUT2D eigenvalue weighted by atomic mass is 10.0. The topological polar surface area (TPSA) is 69.4 Å². The molecule has 0 saturated carbocycles. The van der Waals surface area contributed by atoms with Gasteiger partial charge in [0, 0.05) is 16.1 Å². The van der Waals surface area contributed by atoms with Crippen LogP contribution in [0, 0.1) is 17.0 Å². The van der Waals surface area contributed by atoms with Crippen molar-refractivity contribution in [1.82, 2.24) is 0 Å². The average Bonchev–Trinajstić information content (AvgIpc) is 2.47. The first-order chi connectivity index (χ1) is 10.4. The van der Waals surface area contributed by atoms with Crippen LogP contribution in [0.2, 0.25) is 0 Å². The predicted molar refractivity (Wildman–Crippen MR) is 86.0 cm³/mol. The molecule has 0 aliphatic heterocycles. The zero-order chi connectivity index (χ0) is 16.3. The summed E-state index contributed by atoms with van der Waals surface area (Å²) in [6, 6.07) is 11.5. The highest BCUT2D eigenvalue weighted by molar-refractivity contribution is 9.10. The minimum Gasteiger partial charge on any atom is -0.471 e. The van der Waals surface area contributed by atoms with E-state index in [2.05, 4.69) is 15.9 Å². The minimum atomic E-state index is -0.890. The van der Waals surface area contributed by atoms with Gasteiger partial charge in [0.05, 0.1) is 4.92 Å². The Morgan fingerprint density at radius 2 is 1.95 bits per heavy atom. The first-order valence-corrected chi connectivity index (χ1v) is 7.36. The third-order valence-electron chi connectivity index (χ3n) is 3.20. The van der Waals surface area contributed by atoms with Gasteiger partial charge in [0.15, 0.2) is 17.6 Å². The Bertz CT molecular complexity index is 730. The number of carbonyl (C=O) groups excluding carboxylic acids is 1. The molecule has 0 heterocycles. The van der Waals surface area contributed by atoms with Crippen LogP contribution in [0.5, 0.6) is 5.75 Å². The molecule has 0 saturated heterocycles. The lowest BCUT2D eigenvalue weighted by Gasteiger charge is -2.19. The van der Waals surface area contributed by atoms with Crippen molar-refractivity contribution in [2.24, 2.45) is 0 Å². The fourth-order valence-corrected chi connectivity index (χ4v) is 2.47. The van der Waals surface area contributed by atoms with Gasteiger partial charge >= 0.3 is 5.69 Å². The van der Waals surface area contributed by atoms with Crippen molar-refractivity contribution < 1.29 is 14.5 Å². The van der Waals surface area contributed by atoms with E-state index in [0.717, 1.165) is 10.0 Å². The number of Topliss-reactive ketones (excluding diaryl/α,β-unsaturated/α-hetero) is 1. The first-order valence-electron chi connectivity index (χ1n) is 6.56. The molecule has 0 aliphatic carbocycles. The molecule has 0 radical (unpaired) electrons. The molecule has 0 aliphatic rings. The molecule has 2 aromatic carbocycles. The van der Waals surface area contributed by atoms with E-state index in [-0.39, 0.29) is 17.2 Å². The van der Waals surface area contributed by atoms with Gasteiger partial charge in [-0.15, -0.1) is 0 Å². The normalized spacial score (nSPS) is 11.8. The zero-order valence-electron chi connectivity index (χ0n) is 12.1. The molecule has 0 fully saturated rings. The Balaban J connectivity index is 2.45. The highest BCUT2D eigenvalue weighted by atomic mass is 79.9. The Morgan fingerprint density at radius 1 is 1.27 bits per heavy atom. The number of nitro benzene ring substituents is 1. The van der Waals surface area contributed by atoms with Gasteiger partial charge in [-0.05, 0) is 37.6 Å². The predicted octanol–water partition coefficient (Wildman–Crippen LogP) is 4.37. The van der Waals surface area contributed by atoms with Gasteiger partial charge in [-0.3, -0.25) is 14.9 Å². The number of rotatable bonds is 5. The van der Waals surface area contributed by atoms with Crippen molar-refractivity contribution in [1.29, 1.82) is 0 Å². The SMILES string of the molecule is CC(=O)[C@@H](Oc1ccccc1[N+](=O)[O-])c1cc(Br)ccc1C. The standard InChI is InChI=1S/C16H14BrNO4/c1-10-7-8-12(17)9-13(10)16(11(2)19)22-15-6-4-3-5-14(15)18(20)21/h3-9,16H,1-2H3/t16-/m1/s1. The van der Waals surface area contributed by atoms with E-state index in [1.54, 1.807) is 18.2 Å². The molecular weight excluding hydrogens is 350 g/mol. The van der Waals surface area contributed by atoms with Crippen molar-refractivity contribution in [3.63, 3.8) is 0 Å². The quantitative estimate of drug-likeness (QED) is 0.583. The third kappa shape index (κ3) is 3.51. The summed E-state index contributed by atoms with van der Waals surface area (Å²) >= 11 is 3.36. The number of carbonyl (C=O) groups is 1. The van der Waals surface area contributed by atoms with E-state index in [4.69, 9.17) is 4.74 Å². The van der Waals surface area contributed by atoms with Gasteiger partial charge in [0.1, 0.15) is 0 Å². The number of ether oxygens (including phenoxy) is 1. The number of nitro groups is 1. The largest absolute Gasteiger partial charge is 0.471 e. The van der Waals surface area contributed by atoms with Crippen LogP contribution in [-0.2, 0) is 4.79 Å². The molecule has 0 aromatic heterocycles. The first kappa shape index (κ1) is 16.2. The summed E-state index contributed by atoms with van der Waals surface area (Å²) in [6.45, 7) is 3.26. The summed E-state index contributed by atoms with van der Waals surface area (Å²) < 4.78 is 6.49. The van der Waals surface area contributed by atoms with Crippen LogP contribution in [0.15, 0.2) is 46.9 Å². The molecule has 2 aromatic rings. The van der Waals surface area contributed by atoms with E-state index in [0.29, 0.717) is 5.56 Å². The monoisotopic (exact) mass is 363 g/mol. The van der Waals surface area contributed by atoms with Crippen LogP contribution < -0.4 is 4.74 Å². The number of halogens is 1. The molecule has 114 valence electrons. The number of nitrogens with zero attached hydrogens (tertiary/aromatic N) is 1. The van der Waals surface area contributed by atoms with Crippen LogP contribution in [0.3, 0.4) is 0 Å². The molecule has 1 atom stereocenters. The number of hydrogen-bond donors (Lipinski definition) is 0. The molecule has 0 N–H and O–H groups in total. The number of benzene rings is 2. The molecule has 0 unspecified atom stereocenters. The summed E-state index contributed by atoms with van der Waals surface area (Å²) in [6.07, 6.45) is -0.890. The van der Waals surface area contributed by atoms with Crippen LogP contribution in [0.4, 0.5) is 5.69 Å². The van der Waals surface area contributed by atoms with Gasteiger partial charge < -0.3 is 4.74 Å². The van der Waals surface area contributed by atoms with E-state index in [1.807, 2.05) is 19.1 Å². The van der Waals surface area contributed by atoms with Crippen LogP contribution in [0.1, 0.15) is 24.2 Å². The molecule has 0 bridgehead atoms. The Labute approximate surface area is 136 Å². The summed E-state index contributed by atoms with van der Waals surface area (Å²) in [5, 5.41) is 11.1. The second kappa shape index (κ2) is 6.70. The summed E-state index contributed by atoms with van der Waals surface area (Å²) in [7, 11) is 0. The molecule has 5 nitrogen and oxygen atoms in total. The maximum Gasteiger partial charge on any atom is 0.310 e.